The molecular formula is C19H25N5O. The van der Waals surface area contributed by atoms with Gasteiger partial charge in [0.1, 0.15) is 0 Å². The maximum absolute atomic E-state index is 5.36. The van der Waals surface area contributed by atoms with Crippen LogP contribution < -0.4 is 5.32 Å². The minimum Gasteiger partial charge on any atom is -0.331 e. The molecule has 132 valence electrons. The van der Waals surface area contributed by atoms with E-state index in [0.717, 1.165) is 16.8 Å². The lowest BCUT2D eigenvalue weighted by Crippen LogP contribution is -2.22. The Morgan fingerprint density at radius 1 is 1.12 bits per heavy atom. The normalized spacial score (nSPS) is 13.0. The van der Waals surface area contributed by atoms with Crippen molar-refractivity contribution in [2.75, 3.05) is 5.32 Å². The molecule has 0 saturated carbocycles. The molecule has 0 saturated heterocycles. The van der Waals surface area contributed by atoms with E-state index in [9.17, 15) is 0 Å². The van der Waals surface area contributed by atoms with Gasteiger partial charge in [0.2, 0.25) is 5.82 Å². The minimum absolute atomic E-state index is 0.0161. The van der Waals surface area contributed by atoms with Gasteiger partial charge in [-0.3, -0.25) is 4.68 Å². The van der Waals surface area contributed by atoms with Crippen LogP contribution in [0.25, 0.3) is 11.4 Å². The van der Waals surface area contributed by atoms with Crippen molar-refractivity contribution >= 4 is 6.01 Å². The van der Waals surface area contributed by atoms with Crippen LogP contribution in [-0.2, 0) is 5.54 Å². The first-order valence-corrected chi connectivity index (χ1v) is 8.48. The highest BCUT2D eigenvalue weighted by atomic mass is 16.5. The standard InChI is InChI=1S/C19H25N5O/c1-12-7-9-15(10-8-12)17-21-18(25-23-17)20-13(2)16-11-24(19(4,5)6)22-14(16)3/h7-11,13H,1-6H3,(H,20,21,23). The van der Waals surface area contributed by atoms with Crippen molar-refractivity contribution in [1.29, 1.82) is 0 Å². The number of anilines is 1. The molecule has 1 aromatic carbocycles. The van der Waals surface area contributed by atoms with Gasteiger partial charge in [0.05, 0.1) is 17.3 Å². The highest BCUT2D eigenvalue weighted by molar-refractivity contribution is 5.55. The van der Waals surface area contributed by atoms with Crippen LogP contribution in [-0.4, -0.2) is 19.9 Å². The van der Waals surface area contributed by atoms with Gasteiger partial charge in [-0.1, -0.05) is 35.0 Å². The Kier molecular flexibility index (Phi) is 4.37. The van der Waals surface area contributed by atoms with E-state index < -0.39 is 0 Å². The molecule has 3 aromatic rings. The summed E-state index contributed by atoms with van der Waals surface area (Å²) in [5.74, 6) is 0.580. The molecule has 0 fully saturated rings. The van der Waals surface area contributed by atoms with E-state index in [1.165, 1.54) is 5.56 Å². The lowest BCUT2D eigenvalue weighted by Gasteiger charge is -2.19. The minimum atomic E-state index is -0.0498. The molecule has 6 nitrogen and oxygen atoms in total. The van der Waals surface area contributed by atoms with Gasteiger partial charge < -0.3 is 9.84 Å². The zero-order valence-corrected chi connectivity index (χ0v) is 15.7. The van der Waals surface area contributed by atoms with Crippen LogP contribution in [0.3, 0.4) is 0 Å². The van der Waals surface area contributed by atoms with Crippen LogP contribution in [0.5, 0.6) is 0 Å². The van der Waals surface area contributed by atoms with Crippen molar-refractivity contribution in [2.45, 2.75) is 53.1 Å². The average Bonchev–Trinajstić information content (AvgIpc) is 3.14. The molecule has 0 radical (unpaired) electrons. The number of rotatable bonds is 4. The lowest BCUT2D eigenvalue weighted by atomic mass is 10.1. The van der Waals surface area contributed by atoms with Gasteiger partial charge in [0.25, 0.3) is 0 Å². The molecular weight excluding hydrogens is 314 g/mol. The number of aryl methyl sites for hydroxylation is 2. The summed E-state index contributed by atoms with van der Waals surface area (Å²) >= 11 is 0. The van der Waals surface area contributed by atoms with Gasteiger partial charge in [-0.25, -0.2) is 0 Å². The van der Waals surface area contributed by atoms with Gasteiger partial charge in [-0.05, 0) is 41.5 Å². The van der Waals surface area contributed by atoms with Crippen molar-refractivity contribution < 1.29 is 4.52 Å². The molecule has 3 rings (SSSR count). The molecule has 2 aromatic heterocycles. The van der Waals surface area contributed by atoms with Crippen LogP contribution in [0, 0.1) is 13.8 Å². The number of nitrogens with one attached hydrogen (secondary N) is 1. The predicted octanol–water partition coefficient (Wildman–Crippen LogP) is 4.48. The SMILES string of the molecule is Cc1ccc(-c2noc(NC(C)c3cn(C(C)(C)C)nc3C)n2)cc1. The second kappa shape index (κ2) is 6.35. The summed E-state index contributed by atoms with van der Waals surface area (Å²) in [6.45, 7) is 12.5. The van der Waals surface area contributed by atoms with Gasteiger partial charge in [-0.15, -0.1) is 0 Å². The summed E-state index contributed by atoms with van der Waals surface area (Å²) < 4.78 is 7.34. The third-order valence-corrected chi connectivity index (χ3v) is 4.17. The summed E-state index contributed by atoms with van der Waals surface area (Å²) in [5, 5.41) is 11.9. The van der Waals surface area contributed by atoms with Crippen molar-refractivity contribution in [3.8, 4) is 11.4 Å². The Bertz CT molecular complexity index is 855. The zero-order valence-electron chi connectivity index (χ0n) is 15.7. The highest BCUT2D eigenvalue weighted by Gasteiger charge is 2.20. The molecule has 1 atom stereocenters. The van der Waals surface area contributed by atoms with Crippen LogP contribution in [0.2, 0.25) is 0 Å². The van der Waals surface area contributed by atoms with Gasteiger partial charge in [0, 0.05) is 17.3 Å². The Morgan fingerprint density at radius 3 is 2.40 bits per heavy atom. The predicted molar refractivity (Wildman–Crippen MR) is 98.5 cm³/mol. The summed E-state index contributed by atoms with van der Waals surface area (Å²) in [4.78, 5) is 4.44. The largest absolute Gasteiger partial charge is 0.331 e. The highest BCUT2D eigenvalue weighted by Crippen LogP contribution is 2.25. The van der Waals surface area contributed by atoms with E-state index in [1.807, 2.05) is 35.9 Å². The second-order valence-electron chi connectivity index (χ2n) is 7.44. The lowest BCUT2D eigenvalue weighted by molar-refractivity contribution is 0.354. The molecule has 1 N–H and O–H groups in total. The topological polar surface area (TPSA) is 68.8 Å². The molecule has 25 heavy (non-hydrogen) atoms. The van der Waals surface area contributed by atoms with Crippen molar-refractivity contribution in [1.82, 2.24) is 19.9 Å². The maximum Gasteiger partial charge on any atom is 0.322 e. The summed E-state index contributed by atoms with van der Waals surface area (Å²) in [6.07, 6.45) is 2.07. The monoisotopic (exact) mass is 339 g/mol. The van der Waals surface area contributed by atoms with Crippen LogP contribution >= 0.6 is 0 Å². The van der Waals surface area contributed by atoms with E-state index >= 15 is 0 Å². The quantitative estimate of drug-likeness (QED) is 0.759. The maximum atomic E-state index is 5.36. The fourth-order valence-corrected chi connectivity index (χ4v) is 2.61. The number of nitrogens with zero attached hydrogens (tertiary/aromatic N) is 4. The van der Waals surface area contributed by atoms with Gasteiger partial charge in [-0.2, -0.15) is 10.1 Å². The van der Waals surface area contributed by atoms with Crippen molar-refractivity contribution in [2.24, 2.45) is 0 Å². The zero-order chi connectivity index (χ0) is 18.2. The molecule has 6 heteroatoms. The Labute approximate surface area is 148 Å². The van der Waals surface area contributed by atoms with E-state index in [1.54, 1.807) is 0 Å². The van der Waals surface area contributed by atoms with Crippen LogP contribution in [0.4, 0.5) is 6.01 Å². The first kappa shape index (κ1) is 17.2. The summed E-state index contributed by atoms with van der Waals surface area (Å²) in [5.41, 5.74) is 4.20. The van der Waals surface area contributed by atoms with Crippen molar-refractivity contribution in [3.63, 3.8) is 0 Å². The van der Waals surface area contributed by atoms with E-state index in [0.29, 0.717) is 11.8 Å². The number of benzene rings is 1. The van der Waals surface area contributed by atoms with E-state index in [-0.39, 0.29) is 11.6 Å². The first-order chi connectivity index (χ1) is 11.7. The molecule has 0 aliphatic carbocycles. The Balaban J connectivity index is 1.77. The molecule has 0 aliphatic heterocycles. The summed E-state index contributed by atoms with van der Waals surface area (Å²) in [6, 6.07) is 8.47. The van der Waals surface area contributed by atoms with Gasteiger partial charge in [0.15, 0.2) is 0 Å². The third kappa shape index (κ3) is 3.73. The molecule has 1 unspecified atom stereocenters. The molecule has 0 bridgehead atoms. The molecule has 0 amide bonds. The van der Waals surface area contributed by atoms with Gasteiger partial charge >= 0.3 is 6.01 Å². The third-order valence-electron chi connectivity index (χ3n) is 4.17. The number of aromatic nitrogens is 4. The van der Waals surface area contributed by atoms with E-state index in [4.69, 9.17) is 4.52 Å². The average molecular weight is 339 g/mol. The number of hydrogen-bond donors (Lipinski definition) is 1. The Hall–Kier alpha value is -2.63. The second-order valence-corrected chi connectivity index (χ2v) is 7.44. The fraction of sp³-hybridized carbons (Fsp3) is 0.421. The Morgan fingerprint density at radius 2 is 1.80 bits per heavy atom. The molecule has 2 heterocycles. The van der Waals surface area contributed by atoms with E-state index in [2.05, 4.69) is 61.4 Å². The van der Waals surface area contributed by atoms with Crippen LogP contribution in [0.1, 0.15) is 50.6 Å². The first-order valence-electron chi connectivity index (χ1n) is 8.48. The van der Waals surface area contributed by atoms with Crippen molar-refractivity contribution in [3.05, 3.63) is 47.3 Å². The summed E-state index contributed by atoms with van der Waals surface area (Å²) in [7, 11) is 0. The number of hydrogen-bond acceptors (Lipinski definition) is 5. The molecule has 0 spiro atoms. The van der Waals surface area contributed by atoms with Crippen LogP contribution in [0.15, 0.2) is 35.0 Å². The fourth-order valence-electron chi connectivity index (χ4n) is 2.61. The smallest absolute Gasteiger partial charge is 0.322 e. The molecule has 0 aliphatic rings.